The summed E-state index contributed by atoms with van der Waals surface area (Å²) in [6.45, 7) is -0.0637. The summed E-state index contributed by atoms with van der Waals surface area (Å²) in [5.74, 6) is -0.0420. The zero-order valence-electron chi connectivity index (χ0n) is 9.42. The Balaban J connectivity index is 2.78. The van der Waals surface area contributed by atoms with Crippen molar-refractivity contribution in [2.75, 3.05) is 0 Å². The molecule has 2 aromatic rings. The standard InChI is InChI=1S/C10H6BrClF3N3O/c1-4-16-7-5(2-6(12)17-8(7)11)9(19)18(4)3-10(13,14)15/h2H,3H2,1H3. The van der Waals surface area contributed by atoms with E-state index in [1.165, 1.54) is 13.0 Å². The second kappa shape index (κ2) is 4.75. The fourth-order valence-corrected chi connectivity index (χ4v) is 2.42. The molecule has 2 aromatic heterocycles. The van der Waals surface area contributed by atoms with Crippen LogP contribution in [0.1, 0.15) is 5.82 Å². The van der Waals surface area contributed by atoms with Crippen molar-refractivity contribution < 1.29 is 13.2 Å². The number of aryl methyl sites for hydroxylation is 1. The molecule has 0 aromatic carbocycles. The smallest absolute Gasteiger partial charge is 0.287 e. The van der Waals surface area contributed by atoms with E-state index in [1.54, 1.807) is 0 Å². The quantitative estimate of drug-likeness (QED) is 0.738. The van der Waals surface area contributed by atoms with Gasteiger partial charge in [0.25, 0.3) is 5.56 Å². The van der Waals surface area contributed by atoms with Gasteiger partial charge in [-0.2, -0.15) is 13.2 Å². The first-order chi connectivity index (χ1) is 8.69. The minimum atomic E-state index is -4.50. The molecule has 2 rings (SSSR count). The van der Waals surface area contributed by atoms with Crippen LogP contribution in [0.25, 0.3) is 10.9 Å². The maximum absolute atomic E-state index is 12.4. The van der Waals surface area contributed by atoms with E-state index in [0.717, 1.165) is 0 Å². The van der Waals surface area contributed by atoms with Gasteiger partial charge in [-0.1, -0.05) is 11.6 Å². The summed E-state index contributed by atoms with van der Waals surface area (Å²) < 4.78 is 38.1. The summed E-state index contributed by atoms with van der Waals surface area (Å²) in [5, 5.41) is -0.0117. The number of alkyl halides is 3. The van der Waals surface area contributed by atoms with Gasteiger partial charge in [-0.05, 0) is 28.9 Å². The summed E-state index contributed by atoms with van der Waals surface area (Å²) in [7, 11) is 0. The molecular formula is C10H6BrClF3N3O. The molecule has 0 amide bonds. The minimum Gasteiger partial charge on any atom is -0.287 e. The Kier molecular flexibility index (Phi) is 3.57. The number of hydrogen-bond donors (Lipinski definition) is 0. The molecule has 0 saturated heterocycles. The van der Waals surface area contributed by atoms with Crippen LogP contribution in [0.3, 0.4) is 0 Å². The zero-order valence-corrected chi connectivity index (χ0v) is 11.8. The van der Waals surface area contributed by atoms with E-state index in [1.807, 2.05) is 0 Å². The van der Waals surface area contributed by atoms with Gasteiger partial charge in [-0.3, -0.25) is 9.36 Å². The van der Waals surface area contributed by atoms with Crippen molar-refractivity contribution >= 4 is 38.4 Å². The zero-order chi connectivity index (χ0) is 14.4. The van der Waals surface area contributed by atoms with Crippen LogP contribution in [-0.2, 0) is 6.54 Å². The molecule has 0 fully saturated rings. The molecule has 0 radical (unpaired) electrons. The van der Waals surface area contributed by atoms with E-state index in [4.69, 9.17) is 11.6 Å². The van der Waals surface area contributed by atoms with Crippen LogP contribution < -0.4 is 5.56 Å². The van der Waals surface area contributed by atoms with E-state index < -0.39 is 18.3 Å². The summed E-state index contributed by atoms with van der Waals surface area (Å²) >= 11 is 8.76. The van der Waals surface area contributed by atoms with Crippen molar-refractivity contribution in [3.63, 3.8) is 0 Å². The number of pyridine rings is 1. The number of fused-ring (bicyclic) bond motifs is 1. The lowest BCUT2D eigenvalue weighted by atomic mass is 10.3. The van der Waals surface area contributed by atoms with Crippen molar-refractivity contribution in [3.05, 3.63) is 32.0 Å². The van der Waals surface area contributed by atoms with Gasteiger partial charge in [-0.25, -0.2) is 9.97 Å². The Morgan fingerprint density at radius 3 is 2.63 bits per heavy atom. The van der Waals surface area contributed by atoms with Crippen LogP contribution >= 0.6 is 27.5 Å². The van der Waals surface area contributed by atoms with Gasteiger partial charge in [0.15, 0.2) is 0 Å². The topological polar surface area (TPSA) is 47.8 Å². The second-order valence-corrected chi connectivity index (χ2v) is 4.94. The van der Waals surface area contributed by atoms with Gasteiger partial charge < -0.3 is 0 Å². The Morgan fingerprint density at radius 1 is 1.42 bits per heavy atom. The van der Waals surface area contributed by atoms with Gasteiger partial charge in [0.05, 0.1) is 5.39 Å². The number of hydrogen-bond acceptors (Lipinski definition) is 3. The Labute approximate surface area is 118 Å². The summed E-state index contributed by atoms with van der Waals surface area (Å²) in [4.78, 5) is 19.8. The lowest BCUT2D eigenvalue weighted by Crippen LogP contribution is -2.30. The summed E-state index contributed by atoms with van der Waals surface area (Å²) in [6.07, 6.45) is -4.50. The maximum Gasteiger partial charge on any atom is 0.406 e. The highest BCUT2D eigenvalue weighted by Gasteiger charge is 2.30. The average Bonchev–Trinajstić information content (AvgIpc) is 2.25. The summed E-state index contributed by atoms with van der Waals surface area (Å²) in [5.41, 5.74) is -0.616. The van der Waals surface area contributed by atoms with Gasteiger partial charge in [0.2, 0.25) is 0 Å². The molecule has 9 heteroatoms. The first-order valence-corrected chi connectivity index (χ1v) is 6.16. The molecule has 19 heavy (non-hydrogen) atoms. The molecule has 4 nitrogen and oxygen atoms in total. The lowest BCUT2D eigenvalue weighted by Gasteiger charge is -2.13. The Bertz CT molecular complexity index is 714. The Hall–Kier alpha value is -1.15. The number of rotatable bonds is 1. The third-order valence-corrected chi connectivity index (χ3v) is 3.14. The van der Waals surface area contributed by atoms with Crippen molar-refractivity contribution in [1.29, 1.82) is 0 Å². The monoisotopic (exact) mass is 355 g/mol. The first kappa shape index (κ1) is 14.3. The van der Waals surface area contributed by atoms with Crippen LogP contribution in [0.4, 0.5) is 13.2 Å². The fourth-order valence-electron chi connectivity index (χ4n) is 1.63. The molecule has 0 aliphatic heterocycles. The van der Waals surface area contributed by atoms with Gasteiger partial charge in [0, 0.05) is 0 Å². The number of halogens is 5. The lowest BCUT2D eigenvalue weighted by molar-refractivity contribution is -0.141. The molecule has 0 atom stereocenters. The van der Waals surface area contributed by atoms with Crippen molar-refractivity contribution in [2.24, 2.45) is 0 Å². The molecule has 2 heterocycles. The Morgan fingerprint density at radius 2 is 2.05 bits per heavy atom. The summed E-state index contributed by atoms with van der Waals surface area (Å²) in [6, 6.07) is 1.20. The van der Waals surface area contributed by atoms with Crippen LogP contribution in [0.2, 0.25) is 5.15 Å². The molecule has 0 N–H and O–H groups in total. The minimum absolute atomic E-state index is 0.000636. The molecule has 0 unspecified atom stereocenters. The van der Waals surface area contributed by atoms with Crippen molar-refractivity contribution in [1.82, 2.24) is 14.5 Å². The van der Waals surface area contributed by atoms with Gasteiger partial charge in [0.1, 0.15) is 27.6 Å². The SMILES string of the molecule is Cc1nc2c(Br)nc(Cl)cc2c(=O)n1CC(F)(F)F. The molecule has 0 saturated carbocycles. The molecule has 0 bridgehead atoms. The van der Waals surface area contributed by atoms with E-state index in [2.05, 4.69) is 25.9 Å². The highest BCUT2D eigenvalue weighted by molar-refractivity contribution is 9.10. The number of aromatic nitrogens is 3. The third-order valence-electron chi connectivity index (χ3n) is 2.40. The van der Waals surface area contributed by atoms with Crippen LogP contribution in [0.5, 0.6) is 0 Å². The first-order valence-electron chi connectivity index (χ1n) is 4.99. The fraction of sp³-hybridized carbons (Fsp3) is 0.300. The predicted octanol–water partition coefficient (Wildman–Crippen LogP) is 3.08. The maximum atomic E-state index is 12.4. The van der Waals surface area contributed by atoms with E-state index >= 15 is 0 Å². The van der Waals surface area contributed by atoms with Crippen molar-refractivity contribution in [3.8, 4) is 0 Å². The van der Waals surface area contributed by atoms with Gasteiger partial charge >= 0.3 is 6.18 Å². The van der Waals surface area contributed by atoms with Crippen LogP contribution in [0, 0.1) is 6.92 Å². The second-order valence-electron chi connectivity index (χ2n) is 3.80. The van der Waals surface area contributed by atoms with E-state index in [-0.39, 0.29) is 26.5 Å². The highest BCUT2D eigenvalue weighted by atomic mass is 79.9. The van der Waals surface area contributed by atoms with Crippen molar-refractivity contribution in [2.45, 2.75) is 19.6 Å². The number of nitrogens with zero attached hydrogens (tertiary/aromatic N) is 3. The largest absolute Gasteiger partial charge is 0.406 e. The van der Waals surface area contributed by atoms with Gasteiger partial charge in [-0.15, -0.1) is 0 Å². The normalized spacial score (nSPS) is 12.1. The molecule has 0 spiro atoms. The van der Waals surface area contributed by atoms with E-state index in [9.17, 15) is 18.0 Å². The molecular weight excluding hydrogens is 350 g/mol. The molecule has 0 aliphatic rings. The highest BCUT2D eigenvalue weighted by Crippen LogP contribution is 2.23. The molecule has 102 valence electrons. The molecule has 0 aliphatic carbocycles. The van der Waals surface area contributed by atoms with E-state index in [0.29, 0.717) is 4.57 Å². The van der Waals surface area contributed by atoms with Crippen LogP contribution in [0.15, 0.2) is 15.5 Å². The predicted molar refractivity (Wildman–Crippen MR) is 67.3 cm³/mol. The third kappa shape index (κ3) is 2.89. The van der Waals surface area contributed by atoms with Crippen LogP contribution in [-0.4, -0.2) is 20.7 Å². The average molecular weight is 357 g/mol.